The minimum Gasteiger partial charge on any atom is -0.466 e. The number of carbonyl (C=O) groups is 1. The molecule has 0 atom stereocenters. The first-order valence-corrected chi connectivity index (χ1v) is 4.71. The lowest BCUT2D eigenvalue weighted by atomic mass is 10.1. The van der Waals surface area contributed by atoms with Crippen LogP contribution < -0.4 is 0 Å². The van der Waals surface area contributed by atoms with Crippen LogP contribution in [-0.4, -0.2) is 17.6 Å². The van der Waals surface area contributed by atoms with Crippen LogP contribution in [0.25, 0.3) is 0 Å². The van der Waals surface area contributed by atoms with Crippen molar-refractivity contribution >= 4 is 5.97 Å². The summed E-state index contributed by atoms with van der Waals surface area (Å²) in [7, 11) is 0. The highest BCUT2D eigenvalue weighted by Crippen LogP contribution is 2.11. The fourth-order valence-electron chi connectivity index (χ4n) is 1.35. The minimum absolute atomic E-state index is 0.188. The molecule has 3 heteroatoms. The molecule has 0 fully saturated rings. The Bertz CT molecular complexity index is 314. The number of rotatable bonds is 3. The molecule has 1 heterocycles. The first-order chi connectivity index (χ1) is 6.65. The number of esters is 1. The zero-order chi connectivity index (χ0) is 10.6. The molecule has 0 aliphatic rings. The third-order valence-corrected chi connectivity index (χ3v) is 2.13. The molecule has 14 heavy (non-hydrogen) atoms. The van der Waals surface area contributed by atoms with Gasteiger partial charge in [-0.05, 0) is 38.0 Å². The molecular formula is C11H15NO2. The van der Waals surface area contributed by atoms with E-state index in [-0.39, 0.29) is 5.97 Å². The largest absolute Gasteiger partial charge is 0.466 e. The van der Waals surface area contributed by atoms with Gasteiger partial charge in [0.2, 0.25) is 0 Å². The lowest BCUT2D eigenvalue weighted by molar-refractivity contribution is -0.142. The Kier molecular flexibility index (Phi) is 3.63. The lowest BCUT2D eigenvalue weighted by Crippen LogP contribution is -2.10. The normalized spacial score (nSPS) is 9.93. The summed E-state index contributed by atoms with van der Waals surface area (Å²) in [6, 6.07) is 1.90. The third-order valence-electron chi connectivity index (χ3n) is 2.13. The van der Waals surface area contributed by atoms with E-state index in [0.717, 1.165) is 16.8 Å². The Morgan fingerprint density at radius 1 is 1.50 bits per heavy atom. The van der Waals surface area contributed by atoms with Gasteiger partial charge in [0, 0.05) is 11.9 Å². The van der Waals surface area contributed by atoms with Crippen LogP contribution in [0.15, 0.2) is 12.3 Å². The Hall–Kier alpha value is -1.38. The van der Waals surface area contributed by atoms with Crippen molar-refractivity contribution in [2.75, 3.05) is 6.61 Å². The molecule has 0 saturated heterocycles. The summed E-state index contributed by atoms with van der Waals surface area (Å²) in [5.74, 6) is -0.188. The summed E-state index contributed by atoms with van der Waals surface area (Å²) in [6.07, 6.45) is 2.07. The molecule has 0 unspecified atom stereocenters. The molecule has 0 aliphatic carbocycles. The molecule has 0 aliphatic heterocycles. The lowest BCUT2D eigenvalue weighted by Gasteiger charge is -2.07. The average Bonchev–Trinajstić information content (AvgIpc) is 2.12. The quantitative estimate of drug-likeness (QED) is 0.687. The summed E-state index contributed by atoms with van der Waals surface area (Å²) in [6.45, 7) is 6.11. The number of pyridine rings is 1. The molecule has 0 spiro atoms. The molecule has 1 rings (SSSR count). The number of ether oxygens (including phenoxy) is 1. The zero-order valence-electron chi connectivity index (χ0n) is 8.83. The summed E-state index contributed by atoms with van der Waals surface area (Å²) in [5.41, 5.74) is 2.97. The predicted molar refractivity (Wildman–Crippen MR) is 54.0 cm³/mol. The maximum atomic E-state index is 11.3. The summed E-state index contributed by atoms with van der Waals surface area (Å²) in [5, 5.41) is 0. The van der Waals surface area contributed by atoms with Crippen molar-refractivity contribution in [3.05, 3.63) is 29.1 Å². The average molecular weight is 193 g/mol. The van der Waals surface area contributed by atoms with E-state index in [9.17, 15) is 4.79 Å². The second kappa shape index (κ2) is 4.74. The Balaban J connectivity index is 2.80. The molecule has 0 aromatic carbocycles. The highest BCUT2D eigenvalue weighted by Gasteiger charge is 2.09. The van der Waals surface area contributed by atoms with Gasteiger partial charge in [0.05, 0.1) is 13.0 Å². The van der Waals surface area contributed by atoms with Crippen LogP contribution in [0.2, 0.25) is 0 Å². The molecule has 0 N–H and O–H groups in total. The van der Waals surface area contributed by atoms with Crippen LogP contribution in [0.4, 0.5) is 0 Å². The van der Waals surface area contributed by atoms with Gasteiger partial charge in [-0.15, -0.1) is 0 Å². The molecule has 0 radical (unpaired) electrons. The van der Waals surface area contributed by atoms with E-state index in [4.69, 9.17) is 4.74 Å². The Morgan fingerprint density at radius 2 is 2.21 bits per heavy atom. The summed E-state index contributed by atoms with van der Waals surface area (Å²) < 4.78 is 4.89. The van der Waals surface area contributed by atoms with E-state index in [1.807, 2.05) is 19.9 Å². The van der Waals surface area contributed by atoms with Gasteiger partial charge in [0.15, 0.2) is 0 Å². The van der Waals surface area contributed by atoms with Gasteiger partial charge in [0.1, 0.15) is 0 Å². The van der Waals surface area contributed by atoms with E-state index in [1.165, 1.54) is 0 Å². The van der Waals surface area contributed by atoms with Crippen LogP contribution >= 0.6 is 0 Å². The van der Waals surface area contributed by atoms with Crippen molar-refractivity contribution in [3.63, 3.8) is 0 Å². The smallest absolute Gasteiger partial charge is 0.310 e. The van der Waals surface area contributed by atoms with Crippen LogP contribution in [0.5, 0.6) is 0 Å². The molecular weight excluding hydrogens is 178 g/mol. The van der Waals surface area contributed by atoms with Crippen molar-refractivity contribution in [3.8, 4) is 0 Å². The number of nitrogens with zero attached hydrogens (tertiary/aromatic N) is 1. The van der Waals surface area contributed by atoms with E-state index in [0.29, 0.717) is 13.0 Å². The van der Waals surface area contributed by atoms with E-state index < -0.39 is 0 Å². The highest BCUT2D eigenvalue weighted by atomic mass is 16.5. The number of carbonyl (C=O) groups excluding carboxylic acids is 1. The molecule has 0 saturated carbocycles. The second-order valence-electron chi connectivity index (χ2n) is 3.17. The van der Waals surface area contributed by atoms with Crippen LogP contribution in [0.3, 0.4) is 0 Å². The first kappa shape index (κ1) is 10.7. The molecule has 3 nitrogen and oxygen atoms in total. The zero-order valence-corrected chi connectivity index (χ0v) is 8.83. The third kappa shape index (κ3) is 2.55. The van der Waals surface area contributed by atoms with Crippen molar-refractivity contribution in [2.45, 2.75) is 27.2 Å². The van der Waals surface area contributed by atoms with Crippen LogP contribution in [-0.2, 0) is 16.0 Å². The molecule has 1 aromatic rings. The first-order valence-electron chi connectivity index (χ1n) is 4.71. The van der Waals surface area contributed by atoms with Gasteiger partial charge in [-0.25, -0.2) is 0 Å². The van der Waals surface area contributed by atoms with Crippen LogP contribution in [0.1, 0.15) is 23.7 Å². The minimum atomic E-state index is -0.188. The number of hydrogen-bond acceptors (Lipinski definition) is 3. The van der Waals surface area contributed by atoms with Gasteiger partial charge < -0.3 is 4.74 Å². The number of aromatic nitrogens is 1. The van der Waals surface area contributed by atoms with Crippen LogP contribution in [0, 0.1) is 13.8 Å². The monoisotopic (exact) mass is 193 g/mol. The van der Waals surface area contributed by atoms with E-state index in [2.05, 4.69) is 4.98 Å². The number of hydrogen-bond donors (Lipinski definition) is 0. The van der Waals surface area contributed by atoms with Gasteiger partial charge in [-0.3, -0.25) is 9.78 Å². The molecule has 1 aromatic heterocycles. The SMILES string of the molecule is CCOC(=O)Cc1c(C)ccnc1C. The molecule has 0 bridgehead atoms. The molecule has 0 amide bonds. The van der Waals surface area contributed by atoms with Gasteiger partial charge in [-0.1, -0.05) is 0 Å². The predicted octanol–water partition coefficient (Wildman–Crippen LogP) is 1.80. The Labute approximate surface area is 84.1 Å². The number of aryl methyl sites for hydroxylation is 2. The van der Waals surface area contributed by atoms with Crippen molar-refractivity contribution in [1.29, 1.82) is 0 Å². The summed E-state index contributed by atoms with van der Waals surface area (Å²) >= 11 is 0. The Morgan fingerprint density at radius 3 is 2.79 bits per heavy atom. The van der Waals surface area contributed by atoms with E-state index in [1.54, 1.807) is 13.1 Å². The van der Waals surface area contributed by atoms with Gasteiger partial charge in [-0.2, -0.15) is 0 Å². The summed E-state index contributed by atoms with van der Waals surface area (Å²) in [4.78, 5) is 15.4. The highest BCUT2D eigenvalue weighted by molar-refractivity contribution is 5.73. The fourth-order valence-corrected chi connectivity index (χ4v) is 1.35. The van der Waals surface area contributed by atoms with Crippen molar-refractivity contribution in [2.24, 2.45) is 0 Å². The van der Waals surface area contributed by atoms with Crippen molar-refractivity contribution in [1.82, 2.24) is 4.98 Å². The second-order valence-corrected chi connectivity index (χ2v) is 3.17. The topological polar surface area (TPSA) is 39.2 Å². The standard InChI is InChI=1S/C11H15NO2/c1-4-14-11(13)7-10-8(2)5-6-12-9(10)3/h5-6H,4,7H2,1-3H3. The van der Waals surface area contributed by atoms with Crippen molar-refractivity contribution < 1.29 is 9.53 Å². The fraction of sp³-hybridized carbons (Fsp3) is 0.455. The van der Waals surface area contributed by atoms with Gasteiger partial charge in [0.25, 0.3) is 0 Å². The maximum absolute atomic E-state index is 11.3. The molecule has 76 valence electrons. The maximum Gasteiger partial charge on any atom is 0.310 e. The van der Waals surface area contributed by atoms with E-state index >= 15 is 0 Å². The van der Waals surface area contributed by atoms with Gasteiger partial charge >= 0.3 is 5.97 Å².